The highest BCUT2D eigenvalue weighted by Gasteiger charge is 2.30. The highest BCUT2D eigenvalue weighted by atomic mass is 16.5. The van der Waals surface area contributed by atoms with Gasteiger partial charge in [0.25, 0.3) is 11.8 Å². The van der Waals surface area contributed by atoms with E-state index in [1.54, 1.807) is 12.0 Å². The molecule has 8 heteroatoms. The molecule has 0 aliphatic carbocycles. The number of nitrogens with zero attached hydrogens (tertiary/aromatic N) is 3. The molecule has 132 valence electrons. The summed E-state index contributed by atoms with van der Waals surface area (Å²) in [6.07, 6.45) is 2.79. The predicted molar refractivity (Wildman–Crippen MR) is 86.1 cm³/mol. The molecule has 2 amide bonds. The standard InChI is InChI=1S/C16H24N4O4/c1-23-9-5-17-15(21)14-18-13(12-4-2-3-6-20(12)14)16(22)19-7-10-24-11-8-19/h2-11H2,1H3,(H,17,21). The monoisotopic (exact) mass is 336 g/mol. The van der Waals surface area contributed by atoms with E-state index in [0.29, 0.717) is 51.0 Å². The number of aromatic nitrogens is 2. The quantitative estimate of drug-likeness (QED) is 0.769. The molecule has 0 radical (unpaired) electrons. The number of morpholine rings is 1. The largest absolute Gasteiger partial charge is 0.383 e. The van der Waals surface area contributed by atoms with E-state index in [-0.39, 0.29) is 11.8 Å². The molecule has 0 aromatic carbocycles. The fourth-order valence-corrected chi connectivity index (χ4v) is 3.15. The second-order valence-electron chi connectivity index (χ2n) is 5.99. The molecular formula is C16H24N4O4. The fourth-order valence-electron chi connectivity index (χ4n) is 3.15. The minimum Gasteiger partial charge on any atom is -0.383 e. The maximum Gasteiger partial charge on any atom is 0.287 e. The van der Waals surface area contributed by atoms with E-state index in [0.717, 1.165) is 31.5 Å². The van der Waals surface area contributed by atoms with Gasteiger partial charge in [0.1, 0.15) is 5.69 Å². The van der Waals surface area contributed by atoms with Crippen molar-refractivity contribution in [2.24, 2.45) is 0 Å². The predicted octanol–water partition coefficient (Wildman–Crippen LogP) is 0.0680. The van der Waals surface area contributed by atoms with Crippen LogP contribution in [-0.4, -0.2) is 72.8 Å². The van der Waals surface area contributed by atoms with Crippen LogP contribution in [-0.2, 0) is 22.4 Å². The van der Waals surface area contributed by atoms with E-state index < -0.39 is 0 Å². The highest BCUT2D eigenvalue weighted by molar-refractivity contribution is 5.97. The minimum atomic E-state index is -0.253. The van der Waals surface area contributed by atoms with E-state index in [4.69, 9.17) is 9.47 Å². The summed E-state index contributed by atoms with van der Waals surface area (Å²) >= 11 is 0. The van der Waals surface area contributed by atoms with Crippen LogP contribution in [0.5, 0.6) is 0 Å². The fraction of sp³-hybridized carbons (Fsp3) is 0.688. The Balaban J connectivity index is 1.84. The molecule has 24 heavy (non-hydrogen) atoms. The molecule has 8 nitrogen and oxygen atoms in total. The number of imidazole rings is 1. The Morgan fingerprint density at radius 2 is 2.04 bits per heavy atom. The van der Waals surface area contributed by atoms with Gasteiger partial charge in [0.2, 0.25) is 0 Å². The van der Waals surface area contributed by atoms with Gasteiger partial charge in [-0.2, -0.15) is 0 Å². The second kappa shape index (κ2) is 7.76. The molecule has 0 unspecified atom stereocenters. The van der Waals surface area contributed by atoms with Crippen molar-refractivity contribution in [3.05, 3.63) is 17.2 Å². The van der Waals surface area contributed by atoms with Crippen LogP contribution in [0.3, 0.4) is 0 Å². The van der Waals surface area contributed by atoms with Crippen molar-refractivity contribution >= 4 is 11.8 Å². The van der Waals surface area contributed by atoms with E-state index in [2.05, 4.69) is 10.3 Å². The lowest BCUT2D eigenvalue weighted by Gasteiger charge is -2.26. The zero-order valence-electron chi connectivity index (χ0n) is 14.0. The van der Waals surface area contributed by atoms with Gasteiger partial charge in [0.15, 0.2) is 5.82 Å². The molecule has 1 aromatic heterocycles. The van der Waals surface area contributed by atoms with Crippen LogP contribution >= 0.6 is 0 Å². The maximum atomic E-state index is 12.8. The summed E-state index contributed by atoms with van der Waals surface area (Å²) in [5, 5.41) is 2.79. The Kier molecular flexibility index (Phi) is 5.47. The Labute approximate surface area is 141 Å². The zero-order valence-corrected chi connectivity index (χ0v) is 14.0. The van der Waals surface area contributed by atoms with Gasteiger partial charge < -0.3 is 24.3 Å². The summed E-state index contributed by atoms with van der Waals surface area (Å²) in [6.45, 7) is 3.83. The number of ether oxygens (including phenoxy) is 2. The third-order valence-electron chi connectivity index (χ3n) is 4.41. The molecule has 0 saturated carbocycles. The number of fused-ring (bicyclic) bond motifs is 1. The van der Waals surface area contributed by atoms with Gasteiger partial charge in [-0.3, -0.25) is 9.59 Å². The smallest absolute Gasteiger partial charge is 0.287 e. The van der Waals surface area contributed by atoms with Crippen LogP contribution in [0.4, 0.5) is 0 Å². The summed E-state index contributed by atoms with van der Waals surface area (Å²) in [5.41, 5.74) is 1.31. The molecule has 1 aromatic rings. The lowest BCUT2D eigenvalue weighted by atomic mass is 10.1. The minimum absolute atomic E-state index is 0.0973. The van der Waals surface area contributed by atoms with Crippen LogP contribution in [0.15, 0.2) is 0 Å². The Hall–Kier alpha value is -1.93. The zero-order chi connectivity index (χ0) is 16.9. The molecule has 1 saturated heterocycles. The molecule has 2 aliphatic rings. The molecule has 0 spiro atoms. The van der Waals surface area contributed by atoms with Crippen molar-refractivity contribution in [2.45, 2.75) is 25.8 Å². The van der Waals surface area contributed by atoms with Crippen molar-refractivity contribution in [3.63, 3.8) is 0 Å². The topological polar surface area (TPSA) is 85.7 Å². The summed E-state index contributed by atoms with van der Waals surface area (Å²) < 4.78 is 12.2. The van der Waals surface area contributed by atoms with E-state index >= 15 is 0 Å². The highest BCUT2D eigenvalue weighted by Crippen LogP contribution is 2.22. The molecule has 0 atom stereocenters. The number of nitrogens with one attached hydrogen (secondary N) is 1. The molecule has 2 aliphatic heterocycles. The first-order valence-electron chi connectivity index (χ1n) is 8.46. The second-order valence-corrected chi connectivity index (χ2v) is 5.99. The number of rotatable bonds is 5. The molecular weight excluding hydrogens is 312 g/mol. The Morgan fingerprint density at radius 1 is 1.25 bits per heavy atom. The van der Waals surface area contributed by atoms with Gasteiger partial charge in [-0.1, -0.05) is 0 Å². The lowest BCUT2D eigenvalue weighted by Crippen LogP contribution is -2.41. The number of carbonyl (C=O) groups is 2. The summed E-state index contributed by atoms with van der Waals surface area (Å²) in [7, 11) is 1.59. The molecule has 3 rings (SSSR count). The van der Waals surface area contributed by atoms with Gasteiger partial charge in [-0.05, 0) is 19.3 Å². The van der Waals surface area contributed by atoms with Crippen molar-refractivity contribution in [1.29, 1.82) is 0 Å². The van der Waals surface area contributed by atoms with Crippen LogP contribution in [0.1, 0.15) is 39.6 Å². The van der Waals surface area contributed by atoms with Crippen LogP contribution < -0.4 is 5.32 Å². The number of hydrogen-bond donors (Lipinski definition) is 1. The lowest BCUT2D eigenvalue weighted by molar-refractivity contribution is 0.0298. The average Bonchev–Trinajstić information content (AvgIpc) is 3.02. The van der Waals surface area contributed by atoms with Crippen molar-refractivity contribution in [3.8, 4) is 0 Å². The third-order valence-corrected chi connectivity index (χ3v) is 4.41. The van der Waals surface area contributed by atoms with Crippen LogP contribution in [0, 0.1) is 0 Å². The number of carbonyl (C=O) groups excluding carboxylic acids is 2. The first-order chi connectivity index (χ1) is 11.7. The van der Waals surface area contributed by atoms with E-state index in [1.165, 1.54) is 0 Å². The van der Waals surface area contributed by atoms with Crippen LogP contribution in [0.2, 0.25) is 0 Å². The Bertz CT molecular complexity index is 607. The van der Waals surface area contributed by atoms with Gasteiger partial charge >= 0.3 is 0 Å². The van der Waals surface area contributed by atoms with Gasteiger partial charge in [-0.25, -0.2) is 4.98 Å². The normalized spacial score (nSPS) is 17.5. The third kappa shape index (κ3) is 3.44. The maximum absolute atomic E-state index is 12.8. The van der Waals surface area contributed by atoms with E-state index in [1.807, 2.05) is 4.57 Å². The summed E-state index contributed by atoms with van der Waals surface area (Å²) in [6, 6.07) is 0. The van der Waals surface area contributed by atoms with Crippen LogP contribution in [0.25, 0.3) is 0 Å². The number of hydrogen-bond acceptors (Lipinski definition) is 5. The molecule has 1 fully saturated rings. The van der Waals surface area contributed by atoms with Crippen molar-refractivity contribution in [1.82, 2.24) is 19.8 Å². The molecule has 1 N–H and O–H groups in total. The van der Waals surface area contributed by atoms with Gasteiger partial charge in [0.05, 0.1) is 25.5 Å². The van der Waals surface area contributed by atoms with Crippen molar-refractivity contribution in [2.75, 3.05) is 46.6 Å². The first-order valence-corrected chi connectivity index (χ1v) is 8.46. The van der Waals surface area contributed by atoms with Crippen molar-refractivity contribution < 1.29 is 19.1 Å². The molecule has 0 bridgehead atoms. The van der Waals surface area contributed by atoms with Gasteiger partial charge in [-0.15, -0.1) is 0 Å². The number of amides is 2. The number of methoxy groups -OCH3 is 1. The summed E-state index contributed by atoms with van der Waals surface area (Å²) in [4.78, 5) is 31.4. The first kappa shape index (κ1) is 16.9. The summed E-state index contributed by atoms with van der Waals surface area (Å²) in [5.74, 6) is -0.0199. The SMILES string of the molecule is COCCNC(=O)c1nc(C(=O)N2CCOCC2)c2n1CCCC2. The Morgan fingerprint density at radius 3 is 2.79 bits per heavy atom. The molecule has 3 heterocycles. The average molecular weight is 336 g/mol. The van der Waals surface area contributed by atoms with E-state index in [9.17, 15) is 9.59 Å². The van der Waals surface area contributed by atoms with Gasteiger partial charge in [0, 0.05) is 33.3 Å².